The molecule has 1 atom stereocenters. The molecular formula is C15H20N2O5S. The summed E-state index contributed by atoms with van der Waals surface area (Å²) in [4.78, 5) is 23.8. The molecule has 0 spiro atoms. The zero-order valence-electron chi connectivity index (χ0n) is 12.9. The molecule has 0 aliphatic carbocycles. The lowest BCUT2D eigenvalue weighted by Crippen LogP contribution is -2.47. The fraction of sp³-hybridized carbons (Fsp3) is 0.467. The quantitative estimate of drug-likeness (QED) is 0.800. The topological polar surface area (TPSA) is 102 Å². The summed E-state index contributed by atoms with van der Waals surface area (Å²) in [6.07, 6.45) is 2.15. The molecule has 2 N–H and O–H groups in total. The van der Waals surface area contributed by atoms with Crippen LogP contribution in [-0.2, 0) is 19.4 Å². The summed E-state index contributed by atoms with van der Waals surface area (Å²) in [6, 6.07) is 5.43. The van der Waals surface area contributed by atoms with E-state index in [9.17, 15) is 18.0 Å². The molecule has 1 heterocycles. The van der Waals surface area contributed by atoms with E-state index in [2.05, 4.69) is 10.6 Å². The lowest BCUT2D eigenvalue weighted by Gasteiger charge is -2.15. The number of sulfone groups is 1. The SMILES string of the molecule is COc1ccccc1S(=O)(=O)CC(=O)N[C@H]1CCCCNC1=O. The summed E-state index contributed by atoms with van der Waals surface area (Å²) in [6.45, 7) is 0.574. The molecule has 1 saturated heterocycles. The van der Waals surface area contributed by atoms with Crippen LogP contribution in [0.2, 0.25) is 0 Å². The maximum absolute atomic E-state index is 12.4. The molecule has 1 aliphatic rings. The summed E-state index contributed by atoms with van der Waals surface area (Å²) in [5.74, 6) is -1.51. The van der Waals surface area contributed by atoms with Gasteiger partial charge in [0.25, 0.3) is 0 Å². The van der Waals surface area contributed by atoms with Crippen LogP contribution in [-0.4, -0.2) is 45.7 Å². The molecule has 8 heteroatoms. The van der Waals surface area contributed by atoms with E-state index >= 15 is 0 Å². The third kappa shape index (κ3) is 4.44. The summed E-state index contributed by atoms with van der Waals surface area (Å²) in [5, 5.41) is 5.19. The van der Waals surface area contributed by atoms with Crippen LogP contribution in [0.1, 0.15) is 19.3 Å². The van der Waals surface area contributed by atoms with Gasteiger partial charge in [0, 0.05) is 6.54 Å². The van der Waals surface area contributed by atoms with Crippen molar-refractivity contribution in [3.05, 3.63) is 24.3 Å². The van der Waals surface area contributed by atoms with Crippen molar-refractivity contribution < 1.29 is 22.7 Å². The minimum Gasteiger partial charge on any atom is -0.495 e. The van der Waals surface area contributed by atoms with E-state index in [1.165, 1.54) is 19.2 Å². The third-order valence-corrected chi connectivity index (χ3v) is 5.25. The van der Waals surface area contributed by atoms with Gasteiger partial charge in [-0.1, -0.05) is 12.1 Å². The van der Waals surface area contributed by atoms with E-state index in [1.54, 1.807) is 12.1 Å². The number of carbonyl (C=O) groups excluding carboxylic acids is 2. The predicted octanol–water partition coefficient (Wildman–Crippen LogP) is 0.254. The molecule has 0 saturated carbocycles. The highest BCUT2D eigenvalue weighted by molar-refractivity contribution is 7.92. The molecule has 1 aromatic carbocycles. The summed E-state index contributed by atoms with van der Waals surface area (Å²) < 4.78 is 29.8. The maximum atomic E-state index is 12.4. The van der Waals surface area contributed by atoms with Crippen molar-refractivity contribution in [3.63, 3.8) is 0 Å². The normalized spacial score (nSPS) is 18.7. The number of nitrogens with one attached hydrogen (secondary N) is 2. The van der Waals surface area contributed by atoms with Gasteiger partial charge in [0.2, 0.25) is 11.8 Å². The molecule has 0 radical (unpaired) electrons. The van der Waals surface area contributed by atoms with Gasteiger partial charge in [-0.15, -0.1) is 0 Å². The van der Waals surface area contributed by atoms with Crippen LogP contribution >= 0.6 is 0 Å². The molecule has 1 aliphatic heterocycles. The van der Waals surface area contributed by atoms with Gasteiger partial charge >= 0.3 is 0 Å². The molecule has 1 aromatic rings. The van der Waals surface area contributed by atoms with Gasteiger partial charge in [-0.25, -0.2) is 8.42 Å². The van der Waals surface area contributed by atoms with Crippen LogP contribution in [0.4, 0.5) is 0 Å². The van der Waals surface area contributed by atoms with Crippen molar-refractivity contribution >= 4 is 21.7 Å². The monoisotopic (exact) mass is 340 g/mol. The zero-order chi connectivity index (χ0) is 16.9. The van der Waals surface area contributed by atoms with E-state index in [-0.39, 0.29) is 16.6 Å². The van der Waals surface area contributed by atoms with Crippen molar-refractivity contribution in [2.45, 2.75) is 30.2 Å². The van der Waals surface area contributed by atoms with Crippen molar-refractivity contribution in [2.24, 2.45) is 0 Å². The second-order valence-electron chi connectivity index (χ2n) is 5.32. The first-order valence-corrected chi connectivity index (χ1v) is 9.02. The van der Waals surface area contributed by atoms with E-state index in [1.807, 2.05) is 0 Å². The smallest absolute Gasteiger partial charge is 0.242 e. The molecule has 7 nitrogen and oxygen atoms in total. The molecule has 2 amide bonds. The van der Waals surface area contributed by atoms with Gasteiger partial charge in [0.1, 0.15) is 22.4 Å². The number of benzene rings is 1. The fourth-order valence-corrected chi connectivity index (χ4v) is 3.77. The highest BCUT2D eigenvalue weighted by Gasteiger charge is 2.27. The van der Waals surface area contributed by atoms with E-state index in [4.69, 9.17) is 4.74 Å². The van der Waals surface area contributed by atoms with Crippen LogP contribution in [0.5, 0.6) is 5.75 Å². The minimum absolute atomic E-state index is 0.0389. The van der Waals surface area contributed by atoms with Crippen LogP contribution in [0, 0.1) is 0 Å². The van der Waals surface area contributed by atoms with Gasteiger partial charge in [0.05, 0.1) is 7.11 Å². The Morgan fingerprint density at radius 1 is 1.35 bits per heavy atom. The number of para-hydroxylation sites is 1. The predicted molar refractivity (Wildman–Crippen MR) is 83.8 cm³/mol. The van der Waals surface area contributed by atoms with E-state index < -0.39 is 27.5 Å². The summed E-state index contributed by atoms with van der Waals surface area (Å²) in [5.41, 5.74) is 0. The number of methoxy groups -OCH3 is 1. The first kappa shape index (κ1) is 17.3. The summed E-state index contributed by atoms with van der Waals surface area (Å²) in [7, 11) is -2.48. The highest BCUT2D eigenvalue weighted by Crippen LogP contribution is 2.23. The molecule has 2 rings (SSSR count). The van der Waals surface area contributed by atoms with Crippen molar-refractivity contribution in [3.8, 4) is 5.75 Å². The van der Waals surface area contributed by atoms with Gasteiger partial charge in [-0.3, -0.25) is 9.59 Å². The third-order valence-electron chi connectivity index (χ3n) is 3.60. The Hall–Kier alpha value is -2.09. The second-order valence-corrected chi connectivity index (χ2v) is 7.27. The summed E-state index contributed by atoms with van der Waals surface area (Å²) >= 11 is 0. The number of ether oxygens (including phenoxy) is 1. The largest absolute Gasteiger partial charge is 0.495 e. The Labute approximate surface area is 135 Å². The Balaban J connectivity index is 2.08. The fourth-order valence-electron chi connectivity index (χ4n) is 2.44. The lowest BCUT2D eigenvalue weighted by molar-refractivity contribution is -0.127. The first-order valence-electron chi connectivity index (χ1n) is 7.37. The number of carbonyl (C=O) groups is 2. The molecule has 0 aromatic heterocycles. The highest BCUT2D eigenvalue weighted by atomic mass is 32.2. The van der Waals surface area contributed by atoms with E-state index in [0.717, 1.165) is 12.8 Å². The zero-order valence-corrected chi connectivity index (χ0v) is 13.7. The number of amides is 2. The Kier molecular flexibility index (Phi) is 5.59. The number of rotatable bonds is 5. The van der Waals surface area contributed by atoms with Crippen molar-refractivity contribution in [2.75, 3.05) is 19.4 Å². The standard InChI is InChI=1S/C15H20N2O5S/c1-22-12-7-2-3-8-13(12)23(20,21)10-14(18)17-11-6-4-5-9-16-15(11)19/h2-3,7-8,11H,4-6,9-10H2,1H3,(H,16,19)(H,17,18)/t11-/m0/s1. The first-order chi connectivity index (χ1) is 10.9. The molecule has 1 fully saturated rings. The lowest BCUT2D eigenvalue weighted by atomic mass is 10.1. The molecule has 126 valence electrons. The van der Waals surface area contributed by atoms with Crippen LogP contribution in [0.3, 0.4) is 0 Å². The molecule has 23 heavy (non-hydrogen) atoms. The van der Waals surface area contributed by atoms with Crippen LogP contribution < -0.4 is 15.4 Å². The van der Waals surface area contributed by atoms with Gasteiger partial charge < -0.3 is 15.4 Å². The minimum atomic E-state index is -3.85. The Bertz CT molecular complexity index is 687. The number of hydrogen-bond donors (Lipinski definition) is 2. The average molecular weight is 340 g/mol. The number of hydrogen-bond acceptors (Lipinski definition) is 5. The Morgan fingerprint density at radius 2 is 2.09 bits per heavy atom. The van der Waals surface area contributed by atoms with Gasteiger partial charge in [-0.2, -0.15) is 0 Å². The maximum Gasteiger partial charge on any atom is 0.242 e. The van der Waals surface area contributed by atoms with E-state index in [0.29, 0.717) is 13.0 Å². The average Bonchev–Trinajstić information content (AvgIpc) is 2.71. The molecule has 0 bridgehead atoms. The van der Waals surface area contributed by atoms with Crippen molar-refractivity contribution in [1.29, 1.82) is 0 Å². The van der Waals surface area contributed by atoms with Gasteiger partial charge in [-0.05, 0) is 31.4 Å². The van der Waals surface area contributed by atoms with Crippen LogP contribution in [0.25, 0.3) is 0 Å². The second kappa shape index (κ2) is 7.45. The molecule has 0 unspecified atom stereocenters. The van der Waals surface area contributed by atoms with Crippen molar-refractivity contribution in [1.82, 2.24) is 10.6 Å². The van der Waals surface area contributed by atoms with Crippen LogP contribution in [0.15, 0.2) is 29.2 Å². The molecular weight excluding hydrogens is 320 g/mol. The van der Waals surface area contributed by atoms with Gasteiger partial charge in [0.15, 0.2) is 9.84 Å². The Morgan fingerprint density at radius 3 is 2.83 bits per heavy atom.